The third kappa shape index (κ3) is 4.31. The van der Waals surface area contributed by atoms with Crippen LogP contribution < -0.4 is 10.1 Å². The SMILES string of the molecule is CC(C)COc1cccc(C(=O)Nc2ccccc2F)c1. The summed E-state index contributed by atoms with van der Waals surface area (Å²) in [5.41, 5.74) is 0.593. The highest BCUT2D eigenvalue weighted by molar-refractivity contribution is 6.04. The predicted molar refractivity (Wildman–Crippen MR) is 81.1 cm³/mol. The van der Waals surface area contributed by atoms with E-state index in [1.807, 2.05) is 0 Å². The molecule has 0 atom stereocenters. The monoisotopic (exact) mass is 287 g/mol. The van der Waals surface area contributed by atoms with Gasteiger partial charge in [0.05, 0.1) is 12.3 Å². The van der Waals surface area contributed by atoms with Crippen molar-refractivity contribution in [2.24, 2.45) is 5.92 Å². The zero-order valence-electron chi connectivity index (χ0n) is 12.1. The van der Waals surface area contributed by atoms with E-state index in [2.05, 4.69) is 19.2 Å². The quantitative estimate of drug-likeness (QED) is 0.898. The molecular formula is C17H18FNO2. The summed E-state index contributed by atoms with van der Waals surface area (Å²) in [6.45, 7) is 4.68. The van der Waals surface area contributed by atoms with Gasteiger partial charge in [0.2, 0.25) is 0 Å². The van der Waals surface area contributed by atoms with Crippen molar-refractivity contribution in [1.29, 1.82) is 0 Å². The molecule has 0 fully saturated rings. The Morgan fingerprint density at radius 2 is 1.95 bits per heavy atom. The van der Waals surface area contributed by atoms with Crippen molar-refractivity contribution in [2.45, 2.75) is 13.8 Å². The highest BCUT2D eigenvalue weighted by Gasteiger charge is 2.10. The number of anilines is 1. The van der Waals surface area contributed by atoms with Gasteiger partial charge in [0, 0.05) is 5.56 Å². The summed E-state index contributed by atoms with van der Waals surface area (Å²) < 4.78 is 19.1. The van der Waals surface area contributed by atoms with Crippen LogP contribution >= 0.6 is 0 Å². The second-order valence-electron chi connectivity index (χ2n) is 5.17. The molecule has 0 bridgehead atoms. The predicted octanol–water partition coefficient (Wildman–Crippen LogP) is 4.11. The van der Waals surface area contributed by atoms with E-state index < -0.39 is 5.82 Å². The lowest BCUT2D eigenvalue weighted by Crippen LogP contribution is -2.13. The number of carbonyl (C=O) groups excluding carboxylic acids is 1. The average molecular weight is 287 g/mol. The minimum atomic E-state index is -0.460. The van der Waals surface area contributed by atoms with E-state index in [-0.39, 0.29) is 11.6 Å². The van der Waals surface area contributed by atoms with Crippen LogP contribution in [-0.4, -0.2) is 12.5 Å². The molecule has 1 N–H and O–H groups in total. The number of halogens is 1. The third-order valence-corrected chi connectivity index (χ3v) is 2.80. The van der Waals surface area contributed by atoms with Crippen molar-refractivity contribution in [3.05, 3.63) is 59.9 Å². The van der Waals surface area contributed by atoms with E-state index in [0.29, 0.717) is 23.8 Å². The zero-order valence-corrected chi connectivity index (χ0v) is 12.1. The van der Waals surface area contributed by atoms with Crippen molar-refractivity contribution in [3.8, 4) is 5.75 Å². The van der Waals surface area contributed by atoms with Crippen molar-refractivity contribution in [1.82, 2.24) is 0 Å². The second kappa shape index (κ2) is 6.88. The zero-order chi connectivity index (χ0) is 15.2. The van der Waals surface area contributed by atoms with Gasteiger partial charge < -0.3 is 10.1 Å². The lowest BCUT2D eigenvalue weighted by Gasteiger charge is -2.10. The molecule has 4 heteroatoms. The Kier molecular flexibility index (Phi) is 4.93. The highest BCUT2D eigenvalue weighted by Crippen LogP contribution is 2.17. The molecule has 0 radical (unpaired) electrons. The summed E-state index contributed by atoms with van der Waals surface area (Å²) in [5.74, 6) is 0.207. The molecule has 110 valence electrons. The third-order valence-electron chi connectivity index (χ3n) is 2.80. The molecule has 0 unspecified atom stereocenters. The van der Waals surface area contributed by atoms with E-state index >= 15 is 0 Å². The summed E-state index contributed by atoms with van der Waals surface area (Å²) >= 11 is 0. The van der Waals surface area contributed by atoms with Crippen molar-refractivity contribution < 1.29 is 13.9 Å². The molecule has 1 amide bonds. The molecular weight excluding hydrogens is 269 g/mol. The molecule has 21 heavy (non-hydrogen) atoms. The van der Waals surface area contributed by atoms with Crippen LogP contribution in [-0.2, 0) is 0 Å². The molecule has 0 aliphatic heterocycles. The summed E-state index contributed by atoms with van der Waals surface area (Å²) in [5, 5.41) is 2.55. The van der Waals surface area contributed by atoms with Gasteiger partial charge in [0.25, 0.3) is 5.91 Å². The minimum absolute atomic E-state index is 0.163. The number of rotatable bonds is 5. The number of para-hydroxylation sites is 1. The van der Waals surface area contributed by atoms with Gasteiger partial charge in [0.1, 0.15) is 11.6 Å². The van der Waals surface area contributed by atoms with Crippen molar-refractivity contribution >= 4 is 11.6 Å². The molecule has 0 aliphatic carbocycles. The highest BCUT2D eigenvalue weighted by atomic mass is 19.1. The number of carbonyl (C=O) groups is 1. The van der Waals surface area contributed by atoms with Crippen LogP contribution in [0.25, 0.3) is 0 Å². The standard InChI is InChI=1S/C17H18FNO2/c1-12(2)11-21-14-7-5-6-13(10-14)17(20)19-16-9-4-3-8-15(16)18/h3-10,12H,11H2,1-2H3,(H,19,20). The van der Waals surface area contributed by atoms with Crippen molar-refractivity contribution in [2.75, 3.05) is 11.9 Å². The molecule has 2 aromatic rings. The van der Waals surface area contributed by atoms with Crippen LogP contribution in [0.1, 0.15) is 24.2 Å². The number of ether oxygens (including phenoxy) is 1. The maximum Gasteiger partial charge on any atom is 0.255 e. The van der Waals surface area contributed by atoms with E-state index in [0.717, 1.165) is 0 Å². The first kappa shape index (κ1) is 15.0. The maximum atomic E-state index is 13.5. The fourth-order valence-electron chi connectivity index (χ4n) is 1.75. The van der Waals surface area contributed by atoms with Gasteiger partial charge in [-0.25, -0.2) is 4.39 Å². The maximum absolute atomic E-state index is 13.5. The summed E-state index contributed by atoms with van der Waals surface area (Å²) in [6, 6.07) is 12.9. The van der Waals surface area contributed by atoms with Gasteiger partial charge in [-0.3, -0.25) is 4.79 Å². The normalized spacial score (nSPS) is 10.5. The first-order valence-electron chi connectivity index (χ1n) is 6.85. The molecule has 0 saturated heterocycles. The van der Waals surface area contributed by atoms with Crippen LogP contribution in [0, 0.1) is 11.7 Å². The van der Waals surface area contributed by atoms with E-state index in [4.69, 9.17) is 4.74 Å². The Labute approximate surface area is 123 Å². The second-order valence-corrected chi connectivity index (χ2v) is 5.17. The van der Waals surface area contributed by atoms with Gasteiger partial charge in [-0.1, -0.05) is 32.0 Å². The van der Waals surface area contributed by atoms with Gasteiger partial charge in [-0.2, -0.15) is 0 Å². The van der Waals surface area contributed by atoms with Gasteiger partial charge in [0.15, 0.2) is 0 Å². The Morgan fingerprint density at radius 3 is 2.67 bits per heavy atom. The largest absolute Gasteiger partial charge is 0.493 e. The van der Waals surface area contributed by atoms with E-state index in [9.17, 15) is 9.18 Å². The molecule has 2 rings (SSSR count). The van der Waals surface area contributed by atoms with Gasteiger partial charge in [-0.15, -0.1) is 0 Å². The van der Waals surface area contributed by atoms with Gasteiger partial charge in [-0.05, 0) is 36.2 Å². The van der Waals surface area contributed by atoms with Crippen LogP contribution in [0.4, 0.5) is 10.1 Å². The number of benzene rings is 2. The Balaban J connectivity index is 2.09. The molecule has 0 heterocycles. The average Bonchev–Trinajstić information content (AvgIpc) is 2.48. The smallest absolute Gasteiger partial charge is 0.255 e. The molecule has 0 aliphatic rings. The number of nitrogens with one attached hydrogen (secondary N) is 1. The lowest BCUT2D eigenvalue weighted by atomic mass is 10.2. The topological polar surface area (TPSA) is 38.3 Å². The molecule has 3 nitrogen and oxygen atoms in total. The van der Waals surface area contributed by atoms with Crippen LogP contribution in [0.5, 0.6) is 5.75 Å². The van der Waals surface area contributed by atoms with E-state index in [1.165, 1.54) is 12.1 Å². The fraction of sp³-hybridized carbons (Fsp3) is 0.235. The fourth-order valence-corrected chi connectivity index (χ4v) is 1.75. The van der Waals surface area contributed by atoms with Crippen LogP contribution in [0.2, 0.25) is 0 Å². The van der Waals surface area contributed by atoms with Gasteiger partial charge >= 0.3 is 0 Å². The number of amides is 1. The first-order valence-corrected chi connectivity index (χ1v) is 6.85. The van der Waals surface area contributed by atoms with Crippen LogP contribution in [0.15, 0.2) is 48.5 Å². The van der Waals surface area contributed by atoms with Crippen molar-refractivity contribution in [3.63, 3.8) is 0 Å². The molecule has 0 saturated carbocycles. The lowest BCUT2D eigenvalue weighted by molar-refractivity contribution is 0.102. The van der Waals surface area contributed by atoms with Crippen LogP contribution in [0.3, 0.4) is 0 Å². The summed E-state index contributed by atoms with van der Waals surface area (Å²) in [7, 11) is 0. The molecule has 0 aromatic heterocycles. The molecule has 0 spiro atoms. The first-order chi connectivity index (χ1) is 10.1. The summed E-state index contributed by atoms with van der Waals surface area (Å²) in [6.07, 6.45) is 0. The summed E-state index contributed by atoms with van der Waals surface area (Å²) in [4.78, 5) is 12.1. The Bertz CT molecular complexity index is 626. The Morgan fingerprint density at radius 1 is 1.19 bits per heavy atom. The molecule has 2 aromatic carbocycles. The Hall–Kier alpha value is -2.36. The minimum Gasteiger partial charge on any atom is -0.493 e. The number of hydrogen-bond acceptors (Lipinski definition) is 2. The van der Waals surface area contributed by atoms with E-state index in [1.54, 1.807) is 36.4 Å². The number of hydrogen-bond donors (Lipinski definition) is 1.